The Kier molecular flexibility index (Phi) is 6.44. The van der Waals surface area contributed by atoms with Crippen molar-refractivity contribution >= 4 is 17.5 Å². The third-order valence-electron chi connectivity index (χ3n) is 5.68. The zero-order chi connectivity index (χ0) is 22.5. The van der Waals surface area contributed by atoms with Crippen LogP contribution in [-0.2, 0) is 22.6 Å². The van der Waals surface area contributed by atoms with Crippen LogP contribution < -0.4 is 15.8 Å². The summed E-state index contributed by atoms with van der Waals surface area (Å²) < 4.78 is 0. The first-order valence-electron chi connectivity index (χ1n) is 10.8. The van der Waals surface area contributed by atoms with Crippen LogP contribution in [0.1, 0.15) is 36.1 Å². The third-order valence-corrected chi connectivity index (χ3v) is 5.68. The number of amides is 2. The molecule has 1 aliphatic heterocycles. The summed E-state index contributed by atoms with van der Waals surface area (Å²) in [7, 11) is 0. The van der Waals surface area contributed by atoms with Crippen molar-refractivity contribution in [3.05, 3.63) is 81.8 Å². The highest BCUT2D eigenvalue weighted by atomic mass is 16.2. The third kappa shape index (κ3) is 4.94. The Morgan fingerprint density at radius 2 is 1.84 bits per heavy atom. The van der Waals surface area contributed by atoms with Crippen LogP contribution in [0.4, 0.5) is 5.69 Å². The summed E-state index contributed by atoms with van der Waals surface area (Å²) in [5.41, 5.74) is 3.64. The molecule has 2 aromatic carbocycles. The Labute approximate surface area is 186 Å². The average molecular weight is 431 g/mol. The molecular formula is C25H26N4O3. The normalized spacial score (nSPS) is 13.4. The zero-order valence-corrected chi connectivity index (χ0v) is 18.1. The van der Waals surface area contributed by atoms with E-state index in [4.69, 9.17) is 0 Å². The molecule has 7 heteroatoms. The second kappa shape index (κ2) is 9.60. The quantitative estimate of drug-likeness (QED) is 0.602. The van der Waals surface area contributed by atoms with Gasteiger partial charge >= 0.3 is 0 Å². The molecule has 0 unspecified atom stereocenters. The molecule has 1 saturated heterocycles. The number of anilines is 1. The van der Waals surface area contributed by atoms with Crippen LogP contribution in [0, 0.1) is 6.92 Å². The van der Waals surface area contributed by atoms with Crippen LogP contribution in [0.25, 0.3) is 11.4 Å². The molecular weight excluding hydrogens is 404 g/mol. The predicted octanol–water partition coefficient (Wildman–Crippen LogP) is 3.12. The number of H-pyrrole nitrogens is 1. The highest BCUT2D eigenvalue weighted by molar-refractivity contribution is 5.95. The molecule has 0 saturated carbocycles. The van der Waals surface area contributed by atoms with Gasteiger partial charge < -0.3 is 15.2 Å². The van der Waals surface area contributed by atoms with Gasteiger partial charge in [-0.1, -0.05) is 42.5 Å². The van der Waals surface area contributed by atoms with Crippen molar-refractivity contribution < 1.29 is 9.59 Å². The lowest BCUT2D eigenvalue weighted by molar-refractivity contribution is -0.121. The molecule has 0 bridgehead atoms. The summed E-state index contributed by atoms with van der Waals surface area (Å²) in [5.74, 6) is 0.553. The fourth-order valence-electron chi connectivity index (χ4n) is 3.88. The van der Waals surface area contributed by atoms with Crippen molar-refractivity contribution in [1.29, 1.82) is 0 Å². The second-order valence-corrected chi connectivity index (χ2v) is 7.94. The van der Waals surface area contributed by atoms with E-state index in [9.17, 15) is 14.4 Å². The van der Waals surface area contributed by atoms with Crippen LogP contribution in [0.2, 0.25) is 0 Å². The number of benzene rings is 2. The Morgan fingerprint density at radius 1 is 1.09 bits per heavy atom. The van der Waals surface area contributed by atoms with Gasteiger partial charge in [-0.3, -0.25) is 14.4 Å². The largest absolute Gasteiger partial charge is 0.352 e. The molecule has 2 heterocycles. The average Bonchev–Trinajstić information content (AvgIpc) is 3.23. The molecule has 4 rings (SSSR count). The molecule has 1 fully saturated rings. The number of rotatable bonds is 7. The van der Waals surface area contributed by atoms with E-state index in [1.165, 1.54) is 0 Å². The minimum atomic E-state index is -0.212. The summed E-state index contributed by atoms with van der Waals surface area (Å²) in [5, 5.41) is 2.89. The lowest BCUT2D eigenvalue weighted by atomic mass is 10.1. The topological polar surface area (TPSA) is 95.2 Å². The monoisotopic (exact) mass is 430 g/mol. The minimum Gasteiger partial charge on any atom is -0.352 e. The van der Waals surface area contributed by atoms with Crippen molar-refractivity contribution in [2.75, 3.05) is 11.4 Å². The lowest BCUT2D eigenvalue weighted by Crippen LogP contribution is -2.25. The SMILES string of the molecule is Cc1nc(-c2ccccc2)[nH]c(=O)c1CCC(=O)NCc1ccc(N2CCCC2=O)cc1. The number of hydrogen-bond acceptors (Lipinski definition) is 4. The van der Waals surface area contributed by atoms with E-state index in [-0.39, 0.29) is 23.8 Å². The number of hydrogen-bond donors (Lipinski definition) is 2. The lowest BCUT2D eigenvalue weighted by Gasteiger charge is -2.16. The number of aromatic amines is 1. The molecule has 2 N–H and O–H groups in total. The van der Waals surface area contributed by atoms with E-state index in [0.717, 1.165) is 29.8 Å². The van der Waals surface area contributed by atoms with Crippen molar-refractivity contribution in [3.8, 4) is 11.4 Å². The van der Waals surface area contributed by atoms with E-state index >= 15 is 0 Å². The number of aromatic nitrogens is 2. The van der Waals surface area contributed by atoms with Crippen molar-refractivity contribution in [2.45, 2.75) is 39.2 Å². The van der Waals surface area contributed by atoms with Gasteiger partial charge in [0.05, 0.1) is 0 Å². The number of nitrogens with one attached hydrogen (secondary N) is 2. The summed E-state index contributed by atoms with van der Waals surface area (Å²) in [6.07, 6.45) is 2.02. The van der Waals surface area contributed by atoms with E-state index in [2.05, 4.69) is 15.3 Å². The van der Waals surface area contributed by atoms with Gasteiger partial charge in [-0.15, -0.1) is 0 Å². The van der Waals surface area contributed by atoms with Crippen molar-refractivity contribution in [3.63, 3.8) is 0 Å². The molecule has 0 spiro atoms. The Balaban J connectivity index is 1.31. The number of aryl methyl sites for hydroxylation is 1. The predicted molar refractivity (Wildman–Crippen MR) is 123 cm³/mol. The van der Waals surface area contributed by atoms with Crippen LogP contribution in [0.15, 0.2) is 59.4 Å². The smallest absolute Gasteiger partial charge is 0.254 e. The summed E-state index contributed by atoms with van der Waals surface area (Å²) in [6, 6.07) is 17.1. The number of carbonyl (C=O) groups excluding carboxylic acids is 2. The van der Waals surface area contributed by atoms with E-state index in [1.54, 1.807) is 11.8 Å². The molecule has 164 valence electrons. The first kappa shape index (κ1) is 21.5. The van der Waals surface area contributed by atoms with Crippen molar-refractivity contribution in [2.24, 2.45) is 0 Å². The van der Waals surface area contributed by atoms with Crippen LogP contribution in [0.5, 0.6) is 0 Å². The summed E-state index contributed by atoms with van der Waals surface area (Å²) in [4.78, 5) is 45.8. The van der Waals surface area contributed by atoms with Gasteiger partial charge in [0.15, 0.2) is 0 Å². The highest BCUT2D eigenvalue weighted by Gasteiger charge is 2.21. The maximum Gasteiger partial charge on any atom is 0.254 e. The van der Waals surface area contributed by atoms with Gasteiger partial charge in [-0.25, -0.2) is 4.98 Å². The highest BCUT2D eigenvalue weighted by Crippen LogP contribution is 2.21. The second-order valence-electron chi connectivity index (χ2n) is 7.94. The Hall–Kier alpha value is -3.74. The fraction of sp³-hybridized carbons (Fsp3) is 0.280. The standard InChI is InChI=1S/C25H26N4O3/c1-17-21(25(32)28-24(27-17)19-6-3-2-4-7-19)13-14-22(30)26-16-18-9-11-20(12-10-18)29-15-5-8-23(29)31/h2-4,6-7,9-12H,5,8,13-16H2,1H3,(H,26,30)(H,27,28,32). The van der Waals surface area contributed by atoms with Crippen LogP contribution in [0.3, 0.4) is 0 Å². The molecule has 1 aliphatic rings. The first-order chi connectivity index (χ1) is 15.5. The molecule has 1 aromatic heterocycles. The molecule has 32 heavy (non-hydrogen) atoms. The van der Waals surface area contributed by atoms with Gasteiger partial charge in [0.2, 0.25) is 11.8 Å². The van der Waals surface area contributed by atoms with Gasteiger partial charge in [-0.05, 0) is 37.5 Å². The van der Waals surface area contributed by atoms with E-state index < -0.39 is 0 Å². The summed E-state index contributed by atoms with van der Waals surface area (Å²) in [6.45, 7) is 2.95. The molecule has 7 nitrogen and oxygen atoms in total. The van der Waals surface area contributed by atoms with Crippen LogP contribution in [-0.4, -0.2) is 28.3 Å². The fourth-order valence-corrected chi connectivity index (χ4v) is 3.88. The van der Waals surface area contributed by atoms with E-state index in [0.29, 0.717) is 36.5 Å². The number of carbonyl (C=O) groups is 2. The molecule has 2 amide bonds. The number of nitrogens with zero attached hydrogens (tertiary/aromatic N) is 2. The maximum atomic E-state index is 12.5. The van der Waals surface area contributed by atoms with Gasteiger partial charge in [0.25, 0.3) is 5.56 Å². The van der Waals surface area contributed by atoms with Gasteiger partial charge in [-0.2, -0.15) is 0 Å². The summed E-state index contributed by atoms with van der Waals surface area (Å²) >= 11 is 0. The Bertz CT molecular complexity index is 1170. The molecule has 0 atom stereocenters. The maximum absolute atomic E-state index is 12.5. The van der Waals surface area contributed by atoms with E-state index in [1.807, 2.05) is 54.6 Å². The Morgan fingerprint density at radius 3 is 2.50 bits per heavy atom. The zero-order valence-electron chi connectivity index (χ0n) is 18.1. The minimum absolute atomic E-state index is 0.130. The first-order valence-corrected chi connectivity index (χ1v) is 10.8. The van der Waals surface area contributed by atoms with Crippen LogP contribution >= 0.6 is 0 Å². The van der Waals surface area contributed by atoms with Gasteiger partial charge in [0.1, 0.15) is 5.82 Å². The molecule has 0 aliphatic carbocycles. The van der Waals surface area contributed by atoms with Crippen molar-refractivity contribution in [1.82, 2.24) is 15.3 Å². The molecule has 0 radical (unpaired) electrons. The molecule has 3 aromatic rings. The van der Waals surface area contributed by atoms with Gasteiger partial charge in [0, 0.05) is 48.4 Å².